The fourth-order valence-electron chi connectivity index (χ4n) is 3.83. The molecule has 1 saturated carbocycles. The fraction of sp³-hybridized carbons (Fsp3) is 0.609. The van der Waals surface area contributed by atoms with Crippen molar-refractivity contribution in [3.63, 3.8) is 0 Å². The monoisotopic (exact) mass is 438 g/mol. The van der Waals surface area contributed by atoms with Crippen LogP contribution < -0.4 is 0 Å². The van der Waals surface area contributed by atoms with E-state index in [1.165, 1.54) is 6.92 Å². The van der Waals surface area contributed by atoms with Crippen LogP contribution in [0, 0.1) is 11.8 Å². The van der Waals surface area contributed by atoms with Crippen LogP contribution >= 0.6 is 11.6 Å². The minimum absolute atomic E-state index is 0.356. The summed E-state index contributed by atoms with van der Waals surface area (Å²) in [5, 5.41) is 11.6. The molecule has 0 unspecified atom stereocenters. The third-order valence-electron chi connectivity index (χ3n) is 4.84. The van der Waals surface area contributed by atoms with Crippen molar-refractivity contribution in [3.05, 3.63) is 34.9 Å². The molecule has 1 aliphatic rings. The van der Waals surface area contributed by atoms with Crippen LogP contribution in [-0.2, 0) is 23.9 Å². The highest BCUT2D eigenvalue weighted by molar-refractivity contribution is 6.30. The highest BCUT2D eigenvalue weighted by Crippen LogP contribution is 2.47. The molecule has 1 aromatic rings. The summed E-state index contributed by atoms with van der Waals surface area (Å²) in [5.41, 5.74) is -2.79. The van der Waals surface area contributed by atoms with Gasteiger partial charge in [-0.2, -0.15) is 0 Å². The Kier molecular flexibility index (Phi) is 6.74. The number of esters is 2. The Hall–Kier alpha value is -1.92. The molecule has 1 fully saturated rings. The quantitative estimate of drug-likeness (QED) is 0.565. The van der Waals surface area contributed by atoms with Crippen molar-refractivity contribution in [3.8, 4) is 0 Å². The molecule has 7 heteroatoms. The molecule has 0 heterocycles. The Balaban J connectivity index is 2.62. The number of halogens is 1. The summed E-state index contributed by atoms with van der Waals surface area (Å²) >= 11 is 6.01. The number of carbonyl (C=O) groups excluding carboxylic acids is 3. The van der Waals surface area contributed by atoms with E-state index in [0.717, 1.165) is 0 Å². The standard InChI is InChI=1S/C23H31ClO6/c1-21(2,3)29-19(26)17-15(25)12-23(7,28)18(20(27)30-22(4,5)6)16(17)13-8-10-14(24)11-9-13/h8-11,16-18,28H,12H2,1-7H3/t16-,17-,18+,23+/m1/s1. The molecule has 30 heavy (non-hydrogen) atoms. The molecule has 2 rings (SSSR count). The van der Waals surface area contributed by atoms with Gasteiger partial charge >= 0.3 is 11.9 Å². The van der Waals surface area contributed by atoms with E-state index in [2.05, 4.69) is 0 Å². The van der Waals surface area contributed by atoms with Gasteiger partial charge in [0.2, 0.25) is 0 Å². The molecular formula is C23H31ClO6. The van der Waals surface area contributed by atoms with Crippen molar-refractivity contribution in [2.75, 3.05) is 0 Å². The van der Waals surface area contributed by atoms with Crippen molar-refractivity contribution in [1.82, 2.24) is 0 Å². The lowest BCUT2D eigenvalue weighted by atomic mass is 9.61. The number of hydrogen-bond acceptors (Lipinski definition) is 6. The van der Waals surface area contributed by atoms with Crippen LogP contribution in [0.1, 0.15) is 66.4 Å². The molecule has 1 aromatic carbocycles. The van der Waals surface area contributed by atoms with Gasteiger partial charge in [-0.05, 0) is 66.2 Å². The molecule has 0 aliphatic heterocycles. The maximum absolute atomic E-state index is 13.2. The summed E-state index contributed by atoms with van der Waals surface area (Å²) < 4.78 is 11.1. The van der Waals surface area contributed by atoms with Gasteiger partial charge in [-0.25, -0.2) is 0 Å². The summed E-state index contributed by atoms with van der Waals surface area (Å²) in [6.07, 6.45) is -0.356. The first kappa shape index (κ1) is 24.4. The predicted octanol–water partition coefficient (Wildman–Crippen LogP) is 4.06. The van der Waals surface area contributed by atoms with E-state index in [1.807, 2.05) is 0 Å². The van der Waals surface area contributed by atoms with E-state index >= 15 is 0 Å². The third kappa shape index (κ3) is 5.82. The minimum Gasteiger partial charge on any atom is -0.460 e. The van der Waals surface area contributed by atoms with E-state index in [4.69, 9.17) is 21.1 Å². The number of carbonyl (C=O) groups is 3. The Morgan fingerprint density at radius 1 is 1.00 bits per heavy atom. The van der Waals surface area contributed by atoms with E-state index < -0.39 is 52.3 Å². The molecule has 0 aromatic heterocycles. The molecular weight excluding hydrogens is 408 g/mol. The second kappa shape index (κ2) is 8.31. The number of benzene rings is 1. The van der Waals surface area contributed by atoms with E-state index in [-0.39, 0.29) is 6.42 Å². The number of ether oxygens (including phenoxy) is 2. The fourth-order valence-corrected chi connectivity index (χ4v) is 3.96. The second-order valence-electron chi connectivity index (χ2n) is 10.1. The zero-order valence-corrected chi connectivity index (χ0v) is 19.4. The maximum atomic E-state index is 13.2. The van der Waals surface area contributed by atoms with Gasteiger partial charge in [0, 0.05) is 17.4 Å². The molecule has 0 bridgehead atoms. The highest BCUT2D eigenvalue weighted by Gasteiger charge is 2.57. The number of ketones is 1. The predicted molar refractivity (Wildman–Crippen MR) is 113 cm³/mol. The number of rotatable bonds is 3. The topological polar surface area (TPSA) is 89.9 Å². The Bertz CT molecular complexity index is 814. The second-order valence-corrected chi connectivity index (χ2v) is 10.5. The van der Waals surface area contributed by atoms with Crippen LogP contribution in [0.5, 0.6) is 0 Å². The van der Waals surface area contributed by atoms with Crippen molar-refractivity contribution < 1.29 is 29.0 Å². The van der Waals surface area contributed by atoms with Crippen LogP contribution in [0.4, 0.5) is 0 Å². The van der Waals surface area contributed by atoms with Crippen LogP contribution in [0.3, 0.4) is 0 Å². The van der Waals surface area contributed by atoms with Crippen molar-refractivity contribution >= 4 is 29.3 Å². The Labute approximate surface area is 182 Å². The molecule has 166 valence electrons. The van der Waals surface area contributed by atoms with Crippen molar-refractivity contribution in [2.24, 2.45) is 11.8 Å². The van der Waals surface area contributed by atoms with Crippen molar-refractivity contribution in [2.45, 2.75) is 77.6 Å². The largest absolute Gasteiger partial charge is 0.460 e. The summed E-state index contributed by atoms with van der Waals surface area (Å²) in [5.74, 6) is -5.22. The van der Waals surface area contributed by atoms with Gasteiger partial charge < -0.3 is 14.6 Å². The lowest BCUT2D eigenvalue weighted by molar-refractivity contribution is -0.182. The molecule has 1 aliphatic carbocycles. The molecule has 0 saturated heterocycles. The summed E-state index contributed by atoms with van der Waals surface area (Å²) in [6.45, 7) is 11.7. The van der Waals surface area contributed by atoms with Gasteiger partial charge in [0.15, 0.2) is 5.78 Å². The molecule has 0 radical (unpaired) electrons. The first-order chi connectivity index (χ1) is 13.5. The lowest BCUT2D eigenvalue weighted by Gasteiger charge is -2.44. The molecule has 0 amide bonds. The average Bonchev–Trinajstić information content (AvgIpc) is 2.50. The van der Waals surface area contributed by atoms with Gasteiger partial charge in [0.1, 0.15) is 17.1 Å². The zero-order chi connectivity index (χ0) is 23.1. The number of aliphatic hydroxyl groups is 1. The zero-order valence-electron chi connectivity index (χ0n) is 18.6. The number of Topliss-reactive ketones (excluding diaryl/α,β-unsaturated/α-hetero) is 1. The van der Waals surface area contributed by atoms with Crippen LogP contribution in [-0.4, -0.2) is 39.6 Å². The summed E-state index contributed by atoms with van der Waals surface area (Å²) in [4.78, 5) is 39.2. The third-order valence-corrected chi connectivity index (χ3v) is 5.10. The molecule has 1 N–H and O–H groups in total. The Morgan fingerprint density at radius 3 is 1.93 bits per heavy atom. The summed E-state index contributed by atoms with van der Waals surface area (Å²) in [7, 11) is 0. The van der Waals surface area contributed by atoms with E-state index in [1.54, 1.807) is 65.8 Å². The van der Waals surface area contributed by atoms with Gasteiger partial charge in [0.25, 0.3) is 0 Å². The first-order valence-electron chi connectivity index (χ1n) is 9.98. The normalized spacial score (nSPS) is 27.5. The van der Waals surface area contributed by atoms with Gasteiger partial charge in [-0.1, -0.05) is 23.7 Å². The maximum Gasteiger partial charge on any atom is 0.317 e. The van der Waals surface area contributed by atoms with Gasteiger partial charge in [0.05, 0.1) is 11.5 Å². The van der Waals surface area contributed by atoms with Crippen LogP contribution in [0.2, 0.25) is 5.02 Å². The molecule has 6 nitrogen and oxygen atoms in total. The highest BCUT2D eigenvalue weighted by atomic mass is 35.5. The van der Waals surface area contributed by atoms with Gasteiger partial charge in [-0.3, -0.25) is 14.4 Å². The molecule has 0 spiro atoms. The lowest BCUT2D eigenvalue weighted by Crippen LogP contribution is -2.56. The smallest absolute Gasteiger partial charge is 0.317 e. The van der Waals surface area contributed by atoms with E-state index in [9.17, 15) is 19.5 Å². The van der Waals surface area contributed by atoms with Crippen LogP contribution in [0.15, 0.2) is 24.3 Å². The summed E-state index contributed by atoms with van der Waals surface area (Å²) in [6, 6.07) is 6.53. The van der Waals surface area contributed by atoms with E-state index in [0.29, 0.717) is 10.6 Å². The van der Waals surface area contributed by atoms with Crippen molar-refractivity contribution in [1.29, 1.82) is 0 Å². The minimum atomic E-state index is -1.69. The molecule has 4 atom stereocenters. The Morgan fingerprint density at radius 2 is 1.47 bits per heavy atom. The van der Waals surface area contributed by atoms with Gasteiger partial charge in [-0.15, -0.1) is 0 Å². The first-order valence-corrected chi connectivity index (χ1v) is 10.4. The average molecular weight is 439 g/mol. The van der Waals surface area contributed by atoms with Crippen LogP contribution in [0.25, 0.3) is 0 Å². The number of hydrogen-bond donors (Lipinski definition) is 1. The SMILES string of the molecule is CC(C)(C)OC(=O)[C@@H]1C(=O)C[C@](C)(O)[C@H](C(=O)OC(C)(C)C)[C@@H]1c1ccc(Cl)cc1.